The number of carbonyl (C=O) groups is 1. The summed E-state index contributed by atoms with van der Waals surface area (Å²) in [6, 6.07) is 5.48. The van der Waals surface area contributed by atoms with E-state index in [0.717, 1.165) is 24.8 Å². The molecule has 0 bridgehead atoms. The number of nitrogens with one attached hydrogen (secondary N) is 1. The SMILES string of the molecule is O=C(Cc1ccc(Cl)c(Cl)c1)NC1CCCC1CCl. The van der Waals surface area contributed by atoms with Crippen LogP contribution in [0.2, 0.25) is 10.0 Å². The predicted molar refractivity (Wildman–Crippen MR) is 80.2 cm³/mol. The fourth-order valence-corrected chi connectivity index (χ4v) is 3.19. The number of hydrogen-bond donors (Lipinski definition) is 1. The predicted octanol–water partition coefficient (Wildman–Crippen LogP) is 4.06. The Kier molecular flexibility index (Phi) is 5.37. The van der Waals surface area contributed by atoms with Crippen LogP contribution in [0.25, 0.3) is 0 Å². The summed E-state index contributed by atoms with van der Waals surface area (Å²) >= 11 is 17.7. The zero-order valence-corrected chi connectivity index (χ0v) is 12.7. The van der Waals surface area contributed by atoms with Crippen molar-refractivity contribution in [2.24, 2.45) is 5.92 Å². The molecule has 1 aromatic rings. The zero-order chi connectivity index (χ0) is 13.8. The maximum atomic E-state index is 12.0. The lowest BCUT2D eigenvalue weighted by molar-refractivity contribution is -0.121. The van der Waals surface area contributed by atoms with E-state index in [-0.39, 0.29) is 11.9 Å². The molecule has 1 saturated carbocycles. The van der Waals surface area contributed by atoms with Gasteiger partial charge in [-0.25, -0.2) is 0 Å². The van der Waals surface area contributed by atoms with Crippen LogP contribution in [-0.2, 0) is 11.2 Å². The Hall–Kier alpha value is -0.440. The van der Waals surface area contributed by atoms with Crippen LogP contribution in [0.4, 0.5) is 0 Å². The molecule has 0 radical (unpaired) electrons. The summed E-state index contributed by atoms with van der Waals surface area (Å²) in [5.41, 5.74) is 0.868. The highest BCUT2D eigenvalue weighted by molar-refractivity contribution is 6.42. The van der Waals surface area contributed by atoms with E-state index < -0.39 is 0 Å². The third kappa shape index (κ3) is 4.01. The van der Waals surface area contributed by atoms with Gasteiger partial charge in [0.1, 0.15) is 0 Å². The third-order valence-electron chi connectivity index (χ3n) is 3.55. The highest BCUT2D eigenvalue weighted by atomic mass is 35.5. The van der Waals surface area contributed by atoms with E-state index in [0.29, 0.717) is 28.3 Å². The molecule has 1 aliphatic carbocycles. The van der Waals surface area contributed by atoms with Crippen molar-refractivity contribution in [3.05, 3.63) is 33.8 Å². The van der Waals surface area contributed by atoms with Crippen molar-refractivity contribution in [1.29, 1.82) is 0 Å². The lowest BCUT2D eigenvalue weighted by atomic mass is 10.1. The van der Waals surface area contributed by atoms with Crippen LogP contribution in [-0.4, -0.2) is 17.8 Å². The van der Waals surface area contributed by atoms with Crippen molar-refractivity contribution >= 4 is 40.7 Å². The fraction of sp³-hybridized carbons (Fsp3) is 0.500. The van der Waals surface area contributed by atoms with Gasteiger partial charge in [0.15, 0.2) is 0 Å². The van der Waals surface area contributed by atoms with Gasteiger partial charge in [-0.1, -0.05) is 35.7 Å². The first-order valence-electron chi connectivity index (χ1n) is 6.39. The fourth-order valence-electron chi connectivity index (χ4n) is 2.50. The first kappa shape index (κ1) is 15.0. The molecule has 104 valence electrons. The normalized spacial score (nSPS) is 22.5. The van der Waals surface area contributed by atoms with Crippen LogP contribution >= 0.6 is 34.8 Å². The molecule has 1 N–H and O–H groups in total. The second-order valence-corrected chi connectivity index (χ2v) is 6.07. The Morgan fingerprint density at radius 1 is 1.26 bits per heavy atom. The van der Waals surface area contributed by atoms with Gasteiger partial charge in [-0.15, -0.1) is 11.6 Å². The van der Waals surface area contributed by atoms with Crippen molar-refractivity contribution in [3.8, 4) is 0 Å². The molecule has 0 heterocycles. The maximum absolute atomic E-state index is 12.0. The van der Waals surface area contributed by atoms with Crippen molar-refractivity contribution in [1.82, 2.24) is 5.32 Å². The number of alkyl halides is 1. The standard InChI is InChI=1S/C14H16Cl3NO/c15-8-10-2-1-3-13(10)18-14(19)7-9-4-5-11(16)12(17)6-9/h4-6,10,13H,1-3,7-8H2,(H,18,19). The summed E-state index contributed by atoms with van der Waals surface area (Å²) in [5.74, 6) is 1.03. The van der Waals surface area contributed by atoms with E-state index in [9.17, 15) is 4.79 Å². The largest absolute Gasteiger partial charge is 0.353 e. The van der Waals surface area contributed by atoms with Crippen LogP contribution < -0.4 is 5.32 Å². The molecule has 2 atom stereocenters. The molecule has 1 amide bonds. The zero-order valence-electron chi connectivity index (χ0n) is 10.5. The van der Waals surface area contributed by atoms with E-state index >= 15 is 0 Å². The van der Waals surface area contributed by atoms with Crippen molar-refractivity contribution < 1.29 is 4.79 Å². The van der Waals surface area contributed by atoms with E-state index in [1.165, 1.54) is 0 Å². The van der Waals surface area contributed by atoms with Crippen LogP contribution in [0.3, 0.4) is 0 Å². The molecule has 19 heavy (non-hydrogen) atoms. The molecule has 0 aromatic heterocycles. The third-order valence-corrected chi connectivity index (χ3v) is 4.69. The first-order valence-corrected chi connectivity index (χ1v) is 7.68. The molecule has 0 spiro atoms. The van der Waals surface area contributed by atoms with Gasteiger partial charge in [0.05, 0.1) is 16.5 Å². The number of carbonyl (C=O) groups excluding carboxylic acids is 1. The minimum absolute atomic E-state index is 0.0143. The molecule has 1 fully saturated rings. The van der Waals surface area contributed by atoms with Gasteiger partial charge in [-0.3, -0.25) is 4.79 Å². The number of amides is 1. The van der Waals surface area contributed by atoms with Crippen molar-refractivity contribution in [2.75, 3.05) is 5.88 Å². The van der Waals surface area contributed by atoms with Gasteiger partial charge < -0.3 is 5.32 Å². The quantitative estimate of drug-likeness (QED) is 0.833. The Balaban J connectivity index is 1.92. The average molecular weight is 321 g/mol. The highest BCUT2D eigenvalue weighted by Crippen LogP contribution is 2.27. The summed E-state index contributed by atoms with van der Waals surface area (Å²) in [4.78, 5) is 12.0. The maximum Gasteiger partial charge on any atom is 0.224 e. The average Bonchev–Trinajstić information content (AvgIpc) is 2.81. The van der Waals surface area contributed by atoms with Crippen molar-refractivity contribution in [3.63, 3.8) is 0 Å². The minimum atomic E-state index is 0.0143. The molecule has 2 nitrogen and oxygen atoms in total. The van der Waals surface area contributed by atoms with E-state index in [2.05, 4.69) is 5.32 Å². The number of hydrogen-bond acceptors (Lipinski definition) is 1. The summed E-state index contributed by atoms with van der Waals surface area (Å²) in [5, 5.41) is 4.04. The Bertz CT molecular complexity index is 464. The molecule has 1 aliphatic rings. The smallest absolute Gasteiger partial charge is 0.224 e. The molecule has 0 aliphatic heterocycles. The van der Waals surface area contributed by atoms with E-state index in [1.54, 1.807) is 12.1 Å². The molecule has 5 heteroatoms. The molecular weight excluding hydrogens is 305 g/mol. The Morgan fingerprint density at radius 2 is 2.05 bits per heavy atom. The summed E-state index contributed by atoms with van der Waals surface area (Å²) in [7, 11) is 0. The number of rotatable bonds is 4. The van der Waals surface area contributed by atoms with Gasteiger partial charge in [0, 0.05) is 11.9 Å². The van der Waals surface area contributed by atoms with Gasteiger partial charge in [0.25, 0.3) is 0 Å². The number of halogens is 3. The van der Waals surface area contributed by atoms with E-state index in [1.807, 2.05) is 6.07 Å². The van der Waals surface area contributed by atoms with Gasteiger partial charge in [-0.05, 0) is 36.5 Å². The van der Waals surface area contributed by atoms with Gasteiger partial charge in [-0.2, -0.15) is 0 Å². The van der Waals surface area contributed by atoms with Gasteiger partial charge >= 0.3 is 0 Å². The number of benzene rings is 1. The second-order valence-electron chi connectivity index (χ2n) is 4.94. The van der Waals surface area contributed by atoms with Crippen LogP contribution in [0, 0.1) is 5.92 Å². The second kappa shape index (κ2) is 6.83. The van der Waals surface area contributed by atoms with Crippen LogP contribution in [0.5, 0.6) is 0 Å². The topological polar surface area (TPSA) is 29.1 Å². The monoisotopic (exact) mass is 319 g/mol. The molecule has 1 aromatic carbocycles. The van der Waals surface area contributed by atoms with Gasteiger partial charge in [0.2, 0.25) is 5.91 Å². The Morgan fingerprint density at radius 3 is 2.74 bits per heavy atom. The molecule has 0 saturated heterocycles. The minimum Gasteiger partial charge on any atom is -0.353 e. The van der Waals surface area contributed by atoms with Crippen LogP contribution in [0.1, 0.15) is 24.8 Å². The first-order chi connectivity index (χ1) is 9.10. The molecular formula is C14H16Cl3NO. The summed E-state index contributed by atoms with van der Waals surface area (Å²) in [6.45, 7) is 0. The van der Waals surface area contributed by atoms with Crippen molar-refractivity contribution in [2.45, 2.75) is 31.7 Å². The van der Waals surface area contributed by atoms with Crippen LogP contribution in [0.15, 0.2) is 18.2 Å². The summed E-state index contributed by atoms with van der Waals surface area (Å²) in [6.07, 6.45) is 3.57. The lowest BCUT2D eigenvalue weighted by Crippen LogP contribution is -2.38. The summed E-state index contributed by atoms with van der Waals surface area (Å²) < 4.78 is 0. The molecule has 2 unspecified atom stereocenters. The lowest BCUT2D eigenvalue weighted by Gasteiger charge is -2.18. The molecule has 2 rings (SSSR count). The van der Waals surface area contributed by atoms with E-state index in [4.69, 9.17) is 34.8 Å². The Labute approximate surface area is 128 Å². The highest BCUT2D eigenvalue weighted by Gasteiger charge is 2.27.